The molecular formula is C22H24N2O2S2. The minimum absolute atomic E-state index is 0.100. The molecule has 4 nitrogen and oxygen atoms in total. The normalized spacial score (nSPS) is 17.3. The Hall–Kier alpha value is -2.18. The van der Waals surface area contributed by atoms with Crippen LogP contribution in [0, 0.1) is 0 Å². The van der Waals surface area contributed by atoms with Crippen LogP contribution in [0.1, 0.15) is 59.0 Å². The lowest BCUT2D eigenvalue weighted by Gasteiger charge is -2.18. The zero-order chi connectivity index (χ0) is 20.3. The van der Waals surface area contributed by atoms with Crippen molar-refractivity contribution in [3.8, 4) is 0 Å². The molecule has 0 N–H and O–H groups in total. The Balaban J connectivity index is 1.91. The molecule has 4 heterocycles. The van der Waals surface area contributed by atoms with Gasteiger partial charge < -0.3 is 9.80 Å². The van der Waals surface area contributed by atoms with Gasteiger partial charge in [0.05, 0.1) is 32.3 Å². The van der Waals surface area contributed by atoms with E-state index >= 15 is 0 Å². The first-order valence-corrected chi connectivity index (χ1v) is 11.1. The highest BCUT2D eigenvalue weighted by molar-refractivity contribution is 7.13. The number of carbonyl (C=O) groups excluding carboxylic acids is 2. The van der Waals surface area contributed by atoms with E-state index < -0.39 is 0 Å². The molecule has 2 aromatic heterocycles. The second-order valence-corrected chi connectivity index (χ2v) is 10.1. The van der Waals surface area contributed by atoms with E-state index in [1.54, 1.807) is 46.6 Å². The highest BCUT2D eigenvalue weighted by Crippen LogP contribution is 2.48. The van der Waals surface area contributed by atoms with Crippen molar-refractivity contribution >= 4 is 45.9 Å². The van der Waals surface area contributed by atoms with Crippen LogP contribution in [0.4, 0.5) is 0 Å². The lowest BCUT2D eigenvalue weighted by molar-refractivity contribution is -0.123. The van der Waals surface area contributed by atoms with Crippen LogP contribution >= 0.6 is 22.7 Å². The molecule has 146 valence electrons. The summed E-state index contributed by atoms with van der Waals surface area (Å²) in [4.78, 5) is 34.1. The number of thiophene rings is 2. The van der Waals surface area contributed by atoms with E-state index in [-0.39, 0.29) is 11.8 Å². The molecule has 2 aromatic rings. The van der Waals surface area contributed by atoms with Crippen LogP contribution in [0.5, 0.6) is 0 Å². The fourth-order valence-corrected chi connectivity index (χ4v) is 5.88. The molecule has 0 unspecified atom stereocenters. The van der Waals surface area contributed by atoms with Crippen molar-refractivity contribution in [2.24, 2.45) is 0 Å². The third-order valence-corrected chi connectivity index (χ3v) is 8.07. The number of amides is 2. The maximum absolute atomic E-state index is 13.2. The molecule has 0 atom stereocenters. The first-order chi connectivity index (χ1) is 13.2. The average molecular weight is 413 g/mol. The molecule has 28 heavy (non-hydrogen) atoms. The molecule has 6 heteroatoms. The molecule has 2 aliphatic rings. The first kappa shape index (κ1) is 19.2. The van der Waals surface area contributed by atoms with Gasteiger partial charge in [0.15, 0.2) is 0 Å². The minimum Gasteiger partial charge on any atom is -0.309 e. The largest absolute Gasteiger partial charge is 0.309 e. The van der Waals surface area contributed by atoms with Crippen molar-refractivity contribution in [3.63, 3.8) is 0 Å². The van der Waals surface area contributed by atoms with E-state index in [4.69, 9.17) is 0 Å². The SMILES string of the molecule is CC(C)c1ccc(C2=C3C(=O)N(C)C(c4ccc(C(C)C)s4)=C3C(=O)N2C)s1. The Kier molecular flexibility index (Phi) is 4.59. The van der Waals surface area contributed by atoms with E-state index in [9.17, 15) is 9.59 Å². The predicted octanol–water partition coefficient (Wildman–Crippen LogP) is 5.12. The van der Waals surface area contributed by atoms with Crippen molar-refractivity contribution in [1.82, 2.24) is 9.80 Å². The predicted molar refractivity (Wildman–Crippen MR) is 116 cm³/mol. The summed E-state index contributed by atoms with van der Waals surface area (Å²) in [6.45, 7) is 8.60. The Labute approximate surface area is 173 Å². The number of likely N-dealkylation sites (N-methyl/N-ethyl adjacent to an activating group) is 2. The molecule has 0 bridgehead atoms. The van der Waals surface area contributed by atoms with E-state index in [1.165, 1.54) is 9.75 Å². The van der Waals surface area contributed by atoms with Gasteiger partial charge >= 0.3 is 0 Å². The quantitative estimate of drug-likeness (QED) is 0.699. The van der Waals surface area contributed by atoms with Crippen LogP contribution in [-0.4, -0.2) is 35.7 Å². The number of hydrogen-bond donors (Lipinski definition) is 0. The Morgan fingerprint density at radius 1 is 0.679 bits per heavy atom. The van der Waals surface area contributed by atoms with Gasteiger partial charge in [0.2, 0.25) is 0 Å². The van der Waals surface area contributed by atoms with Gasteiger partial charge in [-0.2, -0.15) is 0 Å². The Morgan fingerprint density at radius 3 is 1.32 bits per heavy atom. The maximum Gasteiger partial charge on any atom is 0.261 e. The van der Waals surface area contributed by atoms with Gasteiger partial charge in [0, 0.05) is 23.8 Å². The molecule has 2 amide bonds. The fraction of sp³-hybridized carbons (Fsp3) is 0.364. The summed E-state index contributed by atoms with van der Waals surface area (Å²) in [5.41, 5.74) is 2.57. The summed E-state index contributed by atoms with van der Waals surface area (Å²) in [5.74, 6) is 0.633. The van der Waals surface area contributed by atoms with Crippen molar-refractivity contribution in [2.75, 3.05) is 14.1 Å². The average Bonchev–Trinajstić information content (AvgIpc) is 3.38. The highest BCUT2D eigenvalue weighted by atomic mass is 32.1. The van der Waals surface area contributed by atoms with Gasteiger partial charge in [-0.15, -0.1) is 22.7 Å². The van der Waals surface area contributed by atoms with Crippen molar-refractivity contribution in [2.45, 2.75) is 39.5 Å². The second-order valence-electron chi connectivity index (χ2n) is 7.89. The van der Waals surface area contributed by atoms with Crippen LogP contribution in [0.3, 0.4) is 0 Å². The van der Waals surface area contributed by atoms with Gasteiger partial charge in [0.1, 0.15) is 0 Å². The molecular weight excluding hydrogens is 388 g/mol. The summed E-state index contributed by atoms with van der Waals surface area (Å²) in [5, 5.41) is 0. The fourth-order valence-electron chi connectivity index (χ4n) is 3.68. The number of hydrogen-bond acceptors (Lipinski definition) is 4. The molecule has 0 fully saturated rings. The maximum atomic E-state index is 13.2. The number of nitrogens with zero attached hydrogens (tertiary/aromatic N) is 2. The van der Waals surface area contributed by atoms with Crippen molar-refractivity contribution in [1.29, 1.82) is 0 Å². The smallest absolute Gasteiger partial charge is 0.261 e. The minimum atomic E-state index is -0.100. The first-order valence-electron chi connectivity index (χ1n) is 9.47. The Morgan fingerprint density at radius 2 is 1.04 bits per heavy atom. The van der Waals surface area contributed by atoms with E-state index in [1.807, 2.05) is 12.1 Å². The third-order valence-electron chi connectivity index (χ3n) is 5.29. The monoisotopic (exact) mass is 412 g/mol. The van der Waals surface area contributed by atoms with E-state index in [2.05, 4.69) is 39.8 Å². The number of carbonyl (C=O) groups is 2. The highest BCUT2D eigenvalue weighted by Gasteiger charge is 2.47. The van der Waals surface area contributed by atoms with Crippen LogP contribution in [0.2, 0.25) is 0 Å². The third kappa shape index (κ3) is 2.70. The zero-order valence-corrected chi connectivity index (χ0v) is 18.6. The van der Waals surface area contributed by atoms with Gasteiger partial charge in [-0.1, -0.05) is 27.7 Å². The lowest BCUT2D eigenvalue weighted by atomic mass is 10.1. The van der Waals surface area contributed by atoms with E-state index in [0.717, 1.165) is 21.1 Å². The van der Waals surface area contributed by atoms with Crippen LogP contribution in [0.15, 0.2) is 35.4 Å². The van der Waals surface area contributed by atoms with Gasteiger partial charge in [-0.05, 0) is 36.1 Å². The molecule has 0 saturated carbocycles. The van der Waals surface area contributed by atoms with Crippen LogP contribution < -0.4 is 0 Å². The molecule has 4 rings (SSSR count). The lowest BCUT2D eigenvalue weighted by Crippen LogP contribution is -2.24. The molecule has 0 saturated heterocycles. The van der Waals surface area contributed by atoms with Crippen molar-refractivity contribution < 1.29 is 9.59 Å². The van der Waals surface area contributed by atoms with Gasteiger partial charge in [-0.25, -0.2) is 0 Å². The van der Waals surface area contributed by atoms with Gasteiger partial charge in [0.25, 0.3) is 11.8 Å². The van der Waals surface area contributed by atoms with Crippen LogP contribution in [-0.2, 0) is 9.59 Å². The number of fused-ring (bicyclic) bond motifs is 1. The number of rotatable bonds is 4. The standard InChI is InChI=1S/C22H24N2O2S2/c1-11(2)13-7-9-15(27-13)19-17-18(22(26)23(19)5)20(24(6)21(17)25)16-10-8-14(28-16)12(3)4/h7-12H,1-6H3. The summed E-state index contributed by atoms with van der Waals surface area (Å²) in [6.07, 6.45) is 0. The van der Waals surface area contributed by atoms with Crippen LogP contribution in [0.25, 0.3) is 11.4 Å². The van der Waals surface area contributed by atoms with E-state index in [0.29, 0.717) is 23.0 Å². The second kappa shape index (κ2) is 6.71. The Bertz CT molecular complexity index is 968. The zero-order valence-electron chi connectivity index (χ0n) is 17.0. The molecule has 0 radical (unpaired) electrons. The summed E-state index contributed by atoms with van der Waals surface area (Å²) in [6, 6.07) is 8.25. The molecule has 0 aliphatic carbocycles. The summed E-state index contributed by atoms with van der Waals surface area (Å²) in [7, 11) is 3.53. The topological polar surface area (TPSA) is 40.6 Å². The molecule has 2 aliphatic heterocycles. The van der Waals surface area contributed by atoms with Gasteiger partial charge in [-0.3, -0.25) is 9.59 Å². The van der Waals surface area contributed by atoms with Crippen molar-refractivity contribution in [3.05, 3.63) is 54.9 Å². The molecule has 0 aromatic carbocycles. The summed E-state index contributed by atoms with van der Waals surface area (Å²) < 4.78 is 0. The molecule has 0 spiro atoms. The summed E-state index contributed by atoms with van der Waals surface area (Å²) >= 11 is 3.32.